The molecule has 0 amide bonds. The van der Waals surface area contributed by atoms with Crippen LogP contribution in [0.15, 0.2) is 116 Å². The fraction of sp³-hybridized carbons (Fsp3) is 0.194. The lowest BCUT2D eigenvalue weighted by Crippen LogP contribution is -2.34. The molecular formula is C31H37N3. The molecule has 0 aliphatic heterocycles. The van der Waals surface area contributed by atoms with E-state index in [0.29, 0.717) is 6.54 Å². The number of benzene rings is 3. The number of allylic oxidation sites excluding steroid dienone is 1. The van der Waals surface area contributed by atoms with Crippen LogP contribution in [0.3, 0.4) is 0 Å². The second kappa shape index (κ2) is 13.0. The maximum absolute atomic E-state index is 6.08. The highest BCUT2D eigenvalue weighted by molar-refractivity contribution is 5.62. The van der Waals surface area contributed by atoms with Crippen molar-refractivity contribution in [3.05, 3.63) is 139 Å². The number of likely N-dealkylation sites (N-methyl/N-ethyl adjacent to an activating group) is 1. The van der Waals surface area contributed by atoms with Crippen LogP contribution in [-0.2, 0) is 12.0 Å². The Labute approximate surface area is 205 Å². The highest BCUT2D eigenvalue weighted by Crippen LogP contribution is 2.39. The van der Waals surface area contributed by atoms with Crippen LogP contribution in [0.4, 0.5) is 0 Å². The van der Waals surface area contributed by atoms with E-state index in [-0.39, 0.29) is 5.41 Å². The molecule has 2 N–H and O–H groups in total. The molecule has 0 aromatic heterocycles. The molecule has 0 saturated heterocycles. The molecule has 176 valence electrons. The van der Waals surface area contributed by atoms with Gasteiger partial charge in [0.25, 0.3) is 0 Å². The number of hydrogen-bond donors (Lipinski definition) is 2. The lowest BCUT2D eigenvalue weighted by atomic mass is 9.73. The summed E-state index contributed by atoms with van der Waals surface area (Å²) in [7, 11) is 2.12. The average molecular weight is 452 g/mol. The van der Waals surface area contributed by atoms with E-state index in [0.717, 1.165) is 23.5 Å². The van der Waals surface area contributed by atoms with E-state index < -0.39 is 0 Å². The summed E-state index contributed by atoms with van der Waals surface area (Å²) in [6, 6.07) is 29.7. The van der Waals surface area contributed by atoms with Crippen molar-refractivity contribution in [2.75, 3.05) is 13.6 Å². The average Bonchev–Trinajstić information content (AvgIpc) is 2.88. The van der Waals surface area contributed by atoms with Crippen molar-refractivity contribution in [1.82, 2.24) is 10.2 Å². The summed E-state index contributed by atoms with van der Waals surface area (Å²) >= 11 is 0. The molecule has 3 aromatic rings. The van der Waals surface area contributed by atoms with Gasteiger partial charge in [-0.25, -0.2) is 0 Å². The molecule has 3 nitrogen and oxygen atoms in total. The van der Waals surface area contributed by atoms with Gasteiger partial charge in [0.1, 0.15) is 0 Å². The van der Waals surface area contributed by atoms with Crippen LogP contribution >= 0.6 is 0 Å². The Hall–Kier alpha value is -3.85. The van der Waals surface area contributed by atoms with Crippen molar-refractivity contribution in [1.29, 1.82) is 5.41 Å². The molecule has 0 spiro atoms. The third-order valence-corrected chi connectivity index (χ3v) is 5.90. The number of nitrogens with zero attached hydrogens (tertiary/aromatic N) is 1. The molecule has 0 heterocycles. The normalized spacial score (nSPS) is 10.3. The van der Waals surface area contributed by atoms with Crippen molar-refractivity contribution in [2.45, 2.75) is 25.8 Å². The monoisotopic (exact) mass is 451 g/mol. The van der Waals surface area contributed by atoms with Gasteiger partial charge < -0.3 is 15.6 Å². The molecule has 3 heteroatoms. The molecule has 0 aliphatic rings. The van der Waals surface area contributed by atoms with Gasteiger partial charge >= 0.3 is 0 Å². The first-order chi connectivity index (χ1) is 16.4. The summed E-state index contributed by atoms with van der Waals surface area (Å²) < 4.78 is 0. The van der Waals surface area contributed by atoms with Crippen LogP contribution in [0.25, 0.3) is 5.70 Å². The van der Waals surface area contributed by atoms with E-state index in [1.807, 2.05) is 6.08 Å². The van der Waals surface area contributed by atoms with Crippen LogP contribution in [-0.4, -0.2) is 24.7 Å². The Balaban J connectivity index is 0.00000129. The van der Waals surface area contributed by atoms with E-state index in [1.54, 1.807) is 6.92 Å². The number of nitrogens with one attached hydrogen (secondary N) is 2. The zero-order valence-electron chi connectivity index (χ0n) is 20.7. The van der Waals surface area contributed by atoms with Crippen LogP contribution in [0.1, 0.15) is 36.1 Å². The third kappa shape index (κ3) is 6.58. The predicted molar refractivity (Wildman–Crippen MR) is 148 cm³/mol. The standard InChI is InChI=1S/C29H32N2.C2H5N/c1-6-20-30-23(2)26-15-13-14-25(21-26)22-31(5)24(3)29(4,27-16-9-7-10-17-27)28-18-11-8-12-19-28;1-2-3/h6-19,21,30H,1-3,20,22H2,4-5H3;2-3H,1H3. The Morgan fingerprint density at radius 3 is 1.97 bits per heavy atom. The highest BCUT2D eigenvalue weighted by atomic mass is 15.1. The SMILES string of the molecule is C=CCNC(=C)c1cccc(CN(C)C(=C)C(C)(c2ccccc2)c2ccccc2)c1.CC=N. The molecule has 3 aromatic carbocycles. The van der Waals surface area contributed by atoms with Crippen molar-refractivity contribution in [3.8, 4) is 0 Å². The molecule has 0 fully saturated rings. The van der Waals surface area contributed by atoms with E-state index >= 15 is 0 Å². The minimum atomic E-state index is -0.329. The van der Waals surface area contributed by atoms with Crippen LogP contribution in [0, 0.1) is 5.41 Å². The Morgan fingerprint density at radius 2 is 1.47 bits per heavy atom. The predicted octanol–water partition coefficient (Wildman–Crippen LogP) is 7.04. The van der Waals surface area contributed by atoms with Gasteiger partial charge in [0, 0.05) is 31.5 Å². The highest BCUT2D eigenvalue weighted by Gasteiger charge is 2.34. The van der Waals surface area contributed by atoms with Gasteiger partial charge in [0.05, 0.1) is 5.41 Å². The molecule has 0 bridgehead atoms. The zero-order chi connectivity index (χ0) is 25.0. The molecule has 0 unspecified atom stereocenters. The Kier molecular flexibility index (Phi) is 10.1. The van der Waals surface area contributed by atoms with Gasteiger partial charge in [-0.1, -0.05) is 98.1 Å². The van der Waals surface area contributed by atoms with Crippen LogP contribution < -0.4 is 5.32 Å². The van der Waals surface area contributed by atoms with Gasteiger partial charge in [-0.2, -0.15) is 0 Å². The van der Waals surface area contributed by atoms with Gasteiger partial charge in [-0.15, -0.1) is 6.58 Å². The lowest BCUT2D eigenvalue weighted by Gasteiger charge is -2.38. The van der Waals surface area contributed by atoms with E-state index in [4.69, 9.17) is 5.41 Å². The molecule has 0 atom stereocenters. The molecular weight excluding hydrogens is 414 g/mol. The summed E-state index contributed by atoms with van der Waals surface area (Å²) in [4.78, 5) is 2.25. The fourth-order valence-corrected chi connectivity index (χ4v) is 3.95. The third-order valence-electron chi connectivity index (χ3n) is 5.90. The smallest absolute Gasteiger partial charge is 0.0566 e. The molecule has 0 aliphatic carbocycles. The van der Waals surface area contributed by atoms with Gasteiger partial charge in [0.15, 0.2) is 0 Å². The number of rotatable bonds is 10. The topological polar surface area (TPSA) is 39.1 Å². The maximum Gasteiger partial charge on any atom is 0.0566 e. The maximum atomic E-state index is 6.08. The number of hydrogen-bond acceptors (Lipinski definition) is 3. The molecule has 0 saturated carbocycles. The fourth-order valence-electron chi connectivity index (χ4n) is 3.95. The van der Waals surface area contributed by atoms with Crippen LogP contribution in [0.2, 0.25) is 0 Å². The second-order valence-electron chi connectivity index (χ2n) is 8.30. The summed E-state index contributed by atoms with van der Waals surface area (Å²) in [5.74, 6) is 0. The van der Waals surface area contributed by atoms with Gasteiger partial charge in [-0.05, 0) is 48.4 Å². The Bertz CT molecular complexity index is 1040. The first kappa shape index (κ1) is 26.4. The first-order valence-corrected chi connectivity index (χ1v) is 11.5. The van der Waals surface area contributed by atoms with Gasteiger partial charge in [-0.3, -0.25) is 0 Å². The van der Waals surface area contributed by atoms with Crippen LogP contribution in [0.5, 0.6) is 0 Å². The van der Waals surface area contributed by atoms with E-state index in [1.165, 1.54) is 22.9 Å². The minimum Gasteiger partial charge on any atom is -0.382 e. The summed E-state index contributed by atoms with van der Waals surface area (Å²) in [6.45, 7) is 17.8. The molecule has 34 heavy (non-hydrogen) atoms. The summed E-state index contributed by atoms with van der Waals surface area (Å²) in [6.07, 6.45) is 3.08. The largest absolute Gasteiger partial charge is 0.382 e. The van der Waals surface area contributed by atoms with E-state index in [9.17, 15) is 0 Å². The van der Waals surface area contributed by atoms with Gasteiger partial charge in [0.2, 0.25) is 0 Å². The summed E-state index contributed by atoms with van der Waals surface area (Å²) in [5.41, 5.74) is 6.39. The van der Waals surface area contributed by atoms with Crippen molar-refractivity contribution < 1.29 is 0 Å². The lowest BCUT2D eigenvalue weighted by molar-refractivity contribution is 0.356. The van der Waals surface area contributed by atoms with E-state index in [2.05, 4.69) is 129 Å². The van der Waals surface area contributed by atoms with Crippen molar-refractivity contribution in [2.24, 2.45) is 0 Å². The zero-order valence-corrected chi connectivity index (χ0v) is 20.7. The minimum absolute atomic E-state index is 0.329. The molecule has 3 rings (SSSR count). The first-order valence-electron chi connectivity index (χ1n) is 11.5. The Morgan fingerprint density at radius 1 is 0.941 bits per heavy atom. The van der Waals surface area contributed by atoms with Crippen molar-refractivity contribution in [3.63, 3.8) is 0 Å². The van der Waals surface area contributed by atoms with Crippen molar-refractivity contribution >= 4 is 11.9 Å². The quantitative estimate of drug-likeness (QED) is 0.256. The second-order valence-corrected chi connectivity index (χ2v) is 8.30. The summed E-state index contributed by atoms with van der Waals surface area (Å²) in [5, 5.41) is 9.36. The molecule has 0 radical (unpaired) electrons.